The Labute approximate surface area is 146 Å². The lowest BCUT2D eigenvalue weighted by molar-refractivity contribution is 0.238. The van der Waals surface area contributed by atoms with Crippen LogP contribution in [0.15, 0.2) is 6.07 Å². The van der Waals surface area contributed by atoms with E-state index in [1.165, 1.54) is 29.8 Å². The Hall–Kier alpha value is -1.89. The molecule has 6 nitrogen and oxygen atoms in total. The standard InChI is InChI=1S/C17H25N5OS/c1-11(9-13-10-12(2)21-22-13)19-17(23)18-8-7-16-20-14-5-3-4-6-15(14)24-16/h10-11H,3-9H2,1-2H3,(H,21,22)(H2,18,19,23). The molecule has 24 heavy (non-hydrogen) atoms. The number of fused-ring (bicyclic) bond motifs is 1. The van der Waals surface area contributed by atoms with E-state index in [0.29, 0.717) is 6.54 Å². The van der Waals surface area contributed by atoms with E-state index in [-0.39, 0.29) is 12.1 Å². The molecular weight excluding hydrogens is 322 g/mol. The van der Waals surface area contributed by atoms with Crippen molar-refractivity contribution in [3.05, 3.63) is 33.0 Å². The number of carbonyl (C=O) groups is 1. The van der Waals surface area contributed by atoms with Crippen molar-refractivity contribution in [2.75, 3.05) is 6.54 Å². The van der Waals surface area contributed by atoms with Crippen molar-refractivity contribution < 1.29 is 4.79 Å². The number of thiazole rings is 1. The number of amides is 2. The molecular formula is C17H25N5OS. The van der Waals surface area contributed by atoms with Gasteiger partial charge in [0, 0.05) is 36.0 Å². The topological polar surface area (TPSA) is 82.7 Å². The maximum atomic E-state index is 12.0. The fourth-order valence-corrected chi connectivity index (χ4v) is 4.17. The fourth-order valence-electron chi connectivity index (χ4n) is 3.01. The first kappa shape index (κ1) is 17.0. The number of aryl methyl sites for hydroxylation is 3. The number of nitrogens with one attached hydrogen (secondary N) is 3. The van der Waals surface area contributed by atoms with Crippen LogP contribution >= 0.6 is 11.3 Å². The predicted octanol–water partition coefficient (Wildman–Crippen LogP) is 2.53. The summed E-state index contributed by atoms with van der Waals surface area (Å²) in [6.45, 7) is 4.57. The minimum Gasteiger partial charge on any atom is -0.338 e. The molecule has 0 saturated carbocycles. The summed E-state index contributed by atoms with van der Waals surface area (Å²) in [5, 5.41) is 14.1. The molecule has 0 radical (unpaired) electrons. The van der Waals surface area contributed by atoms with Gasteiger partial charge in [0.05, 0.1) is 16.4 Å². The van der Waals surface area contributed by atoms with Crippen LogP contribution in [0.4, 0.5) is 4.79 Å². The Morgan fingerprint density at radius 2 is 2.25 bits per heavy atom. The molecule has 2 aromatic rings. The van der Waals surface area contributed by atoms with Gasteiger partial charge in [-0.1, -0.05) is 0 Å². The Balaban J connectivity index is 1.38. The summed E-state index contributed by atoms with van der Waals surface area (Å²) in [5.74, 6) is 0. The summed E-state index contributed by atoms with van der Waals surface area (Å²) in [6, 6.07) is 1.91. The molecule has 7 heteroatoms. The molecule has 0 fully saturated rings. The van der Waals surface area contributed by atoms with Crippen LogP contribution in [0.5, 0.6) is 0 Å². The smallest absolute Gasteiger partial charge is 0.315 e. The van der Waals surface area contributed by atoms with Gasteiger partial charge in [-0.3, -0.25) is 5.10 Å². The van der Waals surface area contributed by atoms with Crippen molar-refractivity contribution >= 4 is 17.4 Å². The average molecular weight is 347 g/mol. The average Bonchev–Trinajstić information content (AvgIpc) is 3.12. The molecule has 2 aromatic heterocycles. The largest absolute Gasteiger partial charge is 0.338 e. The van der Waals surface area contributed by atoms with Gasteiger partial charge < -0.3 is 10.6 Å². The zero-order valence-electron chi connectivity index (χ0n) is 14.3. The maximum Gasteiger partial charge on any atom is 0.315 e. The van der Waals surface area contributed by atoms with Gasteiger partial charge in [0.15, 0.2) is 0 Å². The molecule has 3 N–H and O–H groups in total. The molecule has 0 spiro atoms. The number of nitrogens with zero attached hydrogens (tertiary/aromatic N) is 2. The maximum absolute atomic E-state index is 12.0. The summed E-state index contributed by atoms with van der Waals surface area (Å²) < 4.78 is 0. The molecule has 1 aliphatic carbocycles. The molecule has 2 heterocycles. The zero-order chi connectivity index (χ0) is 16.9. The van der Waals surface area contributed by atoms with Gasteiger partial charge in [0.2, 0.25) is 0 Å². The second-order valence-corrected chi connectivity index (χ2v) is 7.65. The summed E-state index contributed by atoms with van der Waals surface area (Å²) in [5.41, 5.74) is 3.29. The summed E-state index contributed by atoms with van der Waals surface area (Å²) in [4.78, 5) is 18.1. The van der Waals surface area contributed by atoms with Gasteiger partial charge in [0.1, 0.15) is 0 Å². The lowest BCUT2D eigenvalue weighted by atomic mass is 10.0. The quantitative estimate of drug-likeness (QED) is 0.751. The van der Waals surface area contributed by atoms with Crippen LogP contribution in [0, 0.1) is 6.92 Å². The SMILES string of the molecule is Cc1cc(CC(C)NC(=O)NCCc2nc3c(s2)CCCC3)n[nH]1. The fraction of sp³-hybridized carbons (Fsp3) is 0.588. The van der Waals surface area contributed by atoms with Crippen LogP contribution in [0.1, 0.15) is 46.7 Å². The minimum absolute atomic E-state index is 0.0416. The van der Waals surface area contributed by atoms with E-state index in [1.54, 1.807) is 0 Å². The second kappa shape index (κ2) is 7.79. The van der Waals surface area contributed by atoms with Crippen LogP contribution in [-0.4, -0.2) is 33.8 Å². The van der Waals surface area contributed by atoms with Gasteiger partial charge in [-0.05, 0) is 45.6 Å². The van der Waals surface area contributed by atoms with E-state index in [2.05, 4.69) is 20.8 Å². The van der Waals surface area contributed by atoms with Gasteiger partial charge in [0.25, 0.3) is 0 Å². The number of H-pyrrole nitrogens is 1. The first-order chi connectivity index (χ1) is 11.6. The highest BCUT2D eigenvalue weighted by atomic mass is 32.1. The Morgan fingerprint density at radius 3 is 3.00 bits per heavy atom. The number of hydrogen-bond acceptors (Lipinski definition) is 4. The molecule has 130 valence electrons. The lowest BCUT2D eigenvalue weighted by Gasteiger charge is -2.13. The molecule has 1 aliphatic rings. The van der Waals surface area contributed by atoms with Crippen LogP contribution in [0.25, 0.3) is 0 Å². The van der Waals surface area contributed by atoms with E-state index >= 15 is 0 Å². The Kier molecular flexibility index (Phi) is 5.50. The van der Waals surface area contributed by atoms with Gasteiger partial charge in [-0.2, -0.15) is 5.10 Å². The molecule has 2 amide bonds. The van der Waals surface area contributed by atoms with E-state index in [9.17, 15) is 4.79 Å². The van der Waals surface area contributed by atoms with Crippen molar-refractivity contribution in [2.45, 2.75) is 58.4 Å². The number of carbonyl (C=O) groups excluding carboxylic acids is 1. The summed E-state index contributed by atoms with van der Waals surface area (Å²) >= 11 is 1.81. The molecule has 0 aromatic carbocycles. The third-order valence-corrected chi connectivity index (χ3v) is 5.38. The first-order valence-electron chi connectivity index (χ1n) is 8.63. The van der Waals surface area contributed by atoms with Crippen molar-refractivity contribution in [3.63, 3.8) is 0 Å². The number of urea groups is 1. The van der Waals surface area contributed by atoms with Crippen LogP contribution in [0.2, 0.25) is 0 Å². The normalized spacial score (nSPS) is 14.9. The molecule has 0 saturated heterocycles. The van der Waals surface area contributed by atoms with Crippen molar-refractivity contribution in [2.24, 2.45) is 0 Å². The van der Waals surface area contributed by atoms with E-state index < -0.39 is 0 Å². The molecule has 3 rings (SSSR count). The van der Waals surface area contributed by atoms with Crippen molar-refractivity contribution in [3.8, 4) is 0 Å². The van der Waals surface area contributed by atoms with Crippen LogP contribution in [0.3, 0.4) is 0 Å². The Morgan fingerprint density at radius 1 is 1.42 bits per heavy atom. The minimum atomic E-state index is -0.129. The zero-order valence-corrected chi connectivity index (χ0v) is 15.1. The number of hydrogen-bond donors (Lipinski definition) is 3. The van der Waals surface area contributed by atoms with E-state index in [0.717, 1.165) is 35.7 Å². The Bertz CT molecular complexity index is 669. The first-order valence-corrected chi connectivity index (χ1v) is 9.44. The third-order valence-electron chi connectivity index (χ3n) is 4.17. The highest BCUT2D eigenvalue weighted by Gasteiger charge is 2.15. The van der Waals surface area contributed by atoms with Crippen molar-refractivity contribution in [1.29, 1.82) is 0 Å². The van der Waals surface area contributed by atoms with E-state index in [4.69, 9.17) is 4.98 Å². The molecule has 1 unspecified atom stereocenters. The van der Waals surface area contributed by atoms with Crippen molar-refractivity contribution in [1.82, 2.24) is 25.8 Å². The number of rotatable bonds is 6. The summed E-state index contributed by atoms with van der Waals surface area (Å²) in [7, 11) is 0. The molecule has 0 bridgehead atoms. The van der Waals surface area contributed by atoms with Gasteiger partial charge in [-0.15, -0.1) is 11.3 Å². The molecule has 0 aliphatic heterocycles. The second-order valence-electron chi connectivity index (χ2n) is 6.48. The predicted molar refractivity (Wildman–Crippen MR) is 95.5 cm³/mol. The highest BCUT2D eigenvalue weighted by molar-refractivity contribution is 7.11. The van der Waals surface area contributed by atoms with E-state index in [1.807, 2.05) is 31.3 Å². The van der Waals surface area contributed by atoms with Gasteiger partial charge >= 0.3 is 6.03 Å². The van der Waals surface area contributed by atoms with Crippen LogP contribution < -0.4 is 10.6 Å². The third kappa shape index (κ3) is 4.56. The monoisotopic (exact) mass is 347 g/mol. The molecule has 1 atom stereocenters. The van der Waals surface area contributed by atoms with Gasteiger partial charge in [-0.25, -0.2) is 9.78 Å². The van der Waals surface area contributed by atoms with Crippen LogP contribution in [-0.2, 0) is 25.7 Å². The highest BCUT2D eigenvalue weighted by Crippen LogP contribution is 2.26. The summed E-state index contributed by atoms with van der Waals surface area (Å²) in [6.07, 6.45) is 6.34. The number of aromatic nitrogens is 3. The lowest BCUT2D eigenvalue weighted by Crippen LogP contribution is -2.42. The number of aromatic amines is 1.